The highest BCUT2D eigenvalue weighted by atomic mass is 16.5. The highest BCUT2D eigenvalue weighted by Crippen LogP contribution is 2.18. The molecular formula is C14H16N4O3. The van der Waals surface area contributed by atoms with Crippen LogP contribution in [0.1, 0.15) is 25.7 Å². The Kier molecular flexibility index (Phi) is 4.20. The predicted octanol–water partition coefficient (Wildman–Crippen LogP) is 1.53. The second kappa shape index (κ2) is 6.45. The van der Waals surface area contributed by atoms with E-state index in [0.29, 0.717) is 12.2 Å². The van der Waals surface area contributed by atoms with Crippen LogP contribution in [0.25, 0.3) is 5.69 Å². The van der Waals surface area contributed by atoms with Crippen LogP contribution in [-0.2, 0) is 9.53 Å². The first-order chi connectivity index (χ1) is 10.3. The van der Waals surface area contributed by atoms with Gasteiger partial charge in [0, 0.05) is 13.0 Å². The molecule has 7 heteroatoms. The quantitative estimate of drug-likeness (QED) is 0.613. The summed E-state index contributed by atoms with van der Waals surface area (Å²) >= 11 is 0. The third kappa shape index (κ3) is 3.63. The fourth-order valence-corrected chi connectivity index (χ4v) is 2.28. The molecule has 2 heterocycles. The number of hydrogen-bond donors (Lipinski definition) is 0. The number of rotatable bonds is 5. The lowest BCUT2D eigenvalue weighted by atomic mass is 10.1. The molecule has 1 atom stereocenters. The maximum Gasteiger partial charge on any atom is 0.311 e. The van der Waals surface area contributed by atoms with Crippen molar-refractivity contribution in [3.8, 4) is 11.4 Å². The highest BCUT2D eigenvalue weighted by molar-refractivity contribution is 5.72. The van der Waals surface area contributed by atoms with Crippen molar-refractivity contribution in [1.29, 1.82) is 0 Å². The van der Waals surface area contributed by atoms with Crippen molar-refractivity contribution in [2.24, 2.45) is 0 Å². The third-order valence-corrected chi connectivity index (χ3v) is 3.38. The molecule has 3 rings (SSSR count). The number of benzene rings is 1. The lowest BCUT2D eigenvalue weighted by Gasteiger charge is -2.09. The lowest BCUT2D eigenvalue weighted by Crippen LogP contribution is -2.13. The van der Waals surface area contributed by atoms with Crippen LogP contribution < -0.4 is 4.74 Å². The summed E-state index contributed by atoms with van der Waals surface area (Å²) in [6, 6.07) is 7.03. The van der Waals surface area contributed by atoms with Crippen LogP contribution in [0.5, 0.6) is 5.75 Å². The molecule has 1 aliphatic heterocycles. The Balaban J connectivity index is 1.51. The fraction of sp³-hybridized carbons (Fsp3) is 0.429. The number of carbonyl (C=O) groups is 1. The summed E-state index contributed by atoms with van der Waals surface area (Å²) in [5, 5.41) is 10.9. The first kappa shape index (κ1) is 13.7. The van der Waals surface area contributed by atoms with Gasteiger partial charge in [-0.3, -0.25) is 4.79 Å². The van der Waals surface area contributed by atoms with Gasteiger partial charge in [-0.05, 0) is 54.0 Å². The zero-order valence-electron chi connectivity index (χ0n) is 11.5. The minimum absolute atomic E-state index is 0.208. The molecule has 0 spiro atoms. The van der Waals surface area contributed by atoms with Crippen molar-refractivity contribution in [1.82, 2.24) is 20.2 Å². The maximum atomic E-state index is 11.8. The normalized spacial score (nSPS) is 17.8. The molecule has 1 aromatic carbocycles. The van der Waals surface area contributed by atoms with Gasteiger partial charge in [0.25, 0.3) is 0 Å². The number of nitrogens with zero attached hydrogens (tertiary/aromatic N) is 4. The van der Waals surface area contributed by atoms with Gasteiger partial charge < -0.3 is 9.47 Å². The molecule has 1 fully saturated rings. The van der Waals surface area contributed by atoms with Crippen LogP contribution >= 0.6 is 0 Å². The minimum atomic E-state index is -0.235. The molecule has 1 unspecified atom stereocenters. The van der Waals surface area contributed by atoms with Gasteiger partial charge in [0.1, 0.15) is 12.1 Å². The first-order valence-electron chi connectivity index (χ1n) is 6.97. The number of carbonyl (C=O) groups excluding carboxylic acids is 1. The second-order valence-corrected chi connectivity index (χ2v) is 4.90. The Morgan fingerprint density at radius 3 is 2.90 bits per heavy atom. The summed E-state index contributed by atoms with van der Waals surface area (Å²) in [5.74, 6) is 0.282. The Morgan fingerprint density at radius 2 is 2.24 bits per heavy atom. The van der Waals surface area contributed by atoms with Crippen LogP contribution in [0.2, 0.25) is 0 Å². The van der Waals surface area contributed by atoms with E-state index in [1.54, 1.807) is 24.3 Å². The molecule has 7 nitrogen and oxygen atoms in total. The third-order valence-electron chi connectivity index (χ3n) is 3.38. The Bertz CT molecular complexity index is 577. The molecule has 21 heavy (non-hydrogen) atoms. The SMILES string of the molecule is O=C(CCC1CCCO1)Oc1ccc(-n2cnnn2)cc1. The van der Waals surface area contributed by atoms with Gasteiger partial charge in [0.05, 0.1) is 11.8 Å². The molecule has 0 radical (unpaired) electrons. The molecule has 0 bridgehead atoms. The Labute approximate surface area is 121 Å². The molecule has 110 valence electrons. The summed E-state index contributed by atoms with van der Waals surface area (Å²) in [6.07, 6.45) is 4.93. The Morgan fingerprint density at radius 1 is 1.38 bits per heavy atom. The summed E-state index contributed by atoms with van der Waals surface area (Å²) in [4.78, 5) is 11.8. The summed E-state index contributed by atoms with van der Waals surface area (Å²) < 4.78 is 12.3. The van der Waals surface area contributed by atoms with Crippen LogP contribution in [0.3, 0.4) is 0 Å². The van der Waals surface area contributed by atoms with Crippen molar-refractivity contribution >= 4 is 5.97 Å². The largest absolute Gasteiger partial charge is 0.427 e. The van der Waals surface area contributed by atoms with Crippen LogP contribution in [0.15, 0.2) is 30.6 Å². The van der Waals surface area contributed by atoms with Crippen molar-refractivity contribution in [2.45, 2.75) is 31.8 Å². The van der Waals surface area contributed by atoms with Gasteiger partial charge in [-0.1, -0.05) is 0 Å². The molecule has 0 amide bonds. The monoisotopic (exact) mass is 288 g/mol. The number of esters is 1. The van der Waals surface area contributed by atoms with Gasteiger partial charge in [-0.2, -0.15) is 0 Å². The van der Waals surface area contributed by atoms with Crippen molar-refractivity contribution in [3.05, 3.63) is 30.6 Å². The first-order valence-corrected chi connectivity index (χ1v) is 6.97. The van der Waals surface area contributed by atoms with E-state index in [1.807, 2.05) is 0 Å². The standard InChI is InChI=1S/C14H16N4O3/c19-14(8-7-12-2-1-9-20-12)21-13-5-3-11(4-6-13)18-10-15-16-17-18/h3-6,10,12H,1-2,7-9H2. The molecule has 0 N–H and O–H groups in total. The number of ether oxygens (including phenoxy) is 2. The van der Waals surface area contributed by atoms with Crippen LogP contribution in [0.4, 0.5) is 0 Å². The van der Waals surface area contributed by atoms with Crippen LogP contribution in [-0.4, -0.2) is 38.9 Å². The summed E-state index contributed by atoms with van der Waals surface area (Å²) in [6.45, 7) is 0.804. The second-order valence-electron chi connectivity index (χ2n) is 4.90. The highest BCUT2D eigenvalue weighted by Gasteiger charge is 2.17. The average Bonchev–Trinajstić information content (AvgIpc) is 3.19. The number of hydrogen-bond acceptors (Lipinski definition) is 6. The van der Waals surface area contributed by atoms with E-state index in [4.69, 9.17) is 9.47 Å². The molecule has 1 saturated heterocycles. The lowest BCUT2D eigenvalue weighted by molar-refractivity contribution is -0.135. The van der Waals surface area contributed by atoms with E-state index < -0.39 is 0 Å². The average molecular weight is 288 g/mol. The minimum Gasteiger partial charge on any atom is -0.427 e. The molecule has 1 aliphatic rings. The fourth-order valence-electron chi connectivity index (χ4n) is 2.28. The molecular weight excluding hydrogens is 272 g/mol. The van der Waals surface area contributed by atoms with Gasteiger partial charge in [0.2, 0.25) is 0 Å². The van der Waals surface area contributed by atoms with Gasteiger partial charge in [0.15, 0.2) is 0 Å². The number of aromatic nitrogens is 4. The zero-order chi connectivity index (χ0) is 14.5. The Hall–Kier alpha value is -2.28. The van der Waals surface area contributed by atoms with E-state index in [0.717, 1.165) is 31.6 Å². The smallest absolute Gasteiger partial charge is 0.311 e. The zero-order valence-corrected chi connectivity index (χ0v) is 11.5. The van der Waals surface area contributed by atoms with Gasteiger partial charge in [-0.15, -0.1) is 5.10 Å². The van der Waals surface area contributed by atoms with Crippen molar-refractivity contribution in [2.75, 3.05) is 6.61 Å². The molecule has 1 aromatic heterocycles. The summed E-state index contributed by atoms with van der Waals surface area (Å²) in [7, 11) is 0. The van der Waals surface area contributed by atoms with E-state index in [1.165, 1.54) is 11.0 Å². The van der Waals surface area contributed by atoms with E-state index in [2.05, 4.69) is 15.5 Å². The van der Waals surface area contributed by atoms with Gasteiger partial charge >= 0.3 is 5.97 Å². The summed E-state index contributed by atoms with van der Waals surface area (Å²) in [5.41, 5.74) is 0.805. The topological polar surface area (TPSA) is 79.1 Å². The molecule has 2 aromatic rings. The van der Waals surface area contributed by atoms with Crippen LogP contribution in [0, 0.1) is 0 Å². The molecule has 0 aliphatic carbocycles. The van der Waals surface area contributed by atoms with Gasteiger partial charge in [-0.25, -0.2) is 4.68 Å². The maximum absolute atomic E-state index is 11.8. The molecule has 0 saturated carbocycles. The predicted molar refractivity (Wildman–Crippen MR) is 73.0 cm³/mol. The van der Waals surface area contributed by atoms with E-state index in [9.17, 15) is 4.79 Å². The van der Waals surface area contributed by atoms with Crippen molar-refractivity contribution in [3.63, 3.8) is 0 Å². The van der Waals surface area contributed by atoms with Crippen molar-refractivity contribution < 1.29 is 14.3 Å². The van der Waals surface area contributed by atoms with E-state index in [-0.39, 0.29) is 12.1 Å². The number of tetrazole rings is 1. The van der Waals surface area contributed by atoms with E-state index >= 15 is 0 Å².